The van der Waals surface area contributed by atoms with Crippen LogP contribution in [0, 0.1) is 5.41 Å². The van der Waals surface area contributed by atoms with E-state index < -0.39 is 0 Å². The van der Waals surface area contributed by atoms with Crippen molar-refractivity contribution in [2.45, 2.75) is 38.5 Å². The Morgan fingerprint density at radius 3 is 2.78 bits per heavy atom. The Bertz CT molecular complexity index is 450. The molecule has 3 heteroatoms. The number of hydrogen-bond acceptors (Lipinski definition) is 2. The fourth-order valence-electron chi connectivity index (χ4n) is 3.40. The predicted molar refractivity (Wildman–Crippen MR) is 75.0 cm³/mol. The molecule has 1 heterocycles. The van der Waals surface area contributed by atoms with E-state index >= 15 is 0 Å². The van der Waals surface area contributed by atoms with Gasteiger partial charge in [0.05, 0.1) is 6.61 Å². The van der Waals surface area contributed by atoms with Gasteiger partial charge >= 0.3 is 0 Å². The van der Waals surface area contributed by atoms with E-state index in [4.69, 9.17) is 4.74 Å². The number of benzene rings is 1. The topological polar surface area (TPSA) is 29.5 Å². The zero-order chi connectivity index (χ0) is 12.6. The van der Waals surface area contributed by atoms with Crippen LogP contribution in [0.25, 0.3) is 0 Å². The summed E-state index contributed by atoms with van der Waals surface area (Å²) in [6.07, 6.45) is 6.74. The molecular formula is C15H19BrO2. The molecule has 2 nitrogen and oxygen atoms in total. The lowest BCUT2D eigenvalue weighted by atomic mass is 9.80. The number of ether oxygens (including phenoxy) is 1. The van der Waals surface area contributed by atoms with E-state index in [1.54, 1.807) is 0 Å². The van der Waals surface area contributed by atoms with Crippen LogP contribution in [0.3, 0.4) is 0 Å². The van der Waals surface area contributed by atoms with Crippen molar-refractivity contribution in [3.63, 3.8) is 0 Å². The van der Waals surface area contributed by atoms with Crippen molar-refractivity contribution in [2.75, 3.05) is 13.2 Å². The lowest BCUT2D eigenvalue weighted by molar-refractivity contribution is 0.129. The van der Waals surface area contributed by atoms with E-state index in [-0.39, 0.29) is 5.41 Å². The molecule has 0 amide bonds. The van der Waals surface area contributed by atoms with Crippen LogP contribution in [0.4, 0.5) is 0 Å². The largest absolute Gasteiger partial charge is 0.493 e. The third-order valence-corrected chi connectivity index (χ3v) is 4.85. The van der Waals surface area contributed by atoms with Gasteiger partial charge in [-0.05, 0) is 47.9 Å². The summed E-state index contributed by atoms with van der Waals surface area (Å²) in [4.78, 5) is 0. The molecule has 98 valence electrons. The number of rotatable bonds is 3. The van der Waals surface area contributed by atoms with E-state index in [1.165, 1.54) is 24.0 Å². The molecule has 1 aliphatic carbocycles. The zero-order valence-electron chi connectivity index (χ0n) is 10.5. The van der Waals surface area contributed by atoms with Gasteiger partial charge in [-0.1, -0.05) is 28.8 Å². The van der Waals surface area contributed by atoms with Crippen molar-refractivity contribution in [3.8, 4) is 5.75 Å². The molecule has 0 saturated heterocycles. The fourth-order valence-corrected chi connectivity index (χ4v) is 3.95. The lowest BCUT2D eigenvalue weighted by Crippen LogP contribution is -2.24. The molecule has 3 rings (SSSR count). The Hall–Kier alpha value is -0.540. The van der Waals surface area contributed by atoms with Gasteiger partial charge < -0.3 is 9.84 Å². The van der Waals surface area contributed by atoms with Crippen molar-refractivity contribution >= 4 is 15.9 Å². The molecule has 2 aliphatic rings. The van der Waals surface area contributed by atoms with Crippen molar-refractivity contribution in [1.82, 2.24) is 0 Å². The highest BCUT2D eigenvalue weighted by Crippen LogP contribution is 2.44. The normalized spacial score (nSPS) is 20.8. The maximum absolute atomic E-state index is 9.74. The molecule has 0 unspecified atom stereocenters. The average molecular weight is 311 g/mol. The van der Waals surface area contributed by atoms with Crippen LogP contribution in [0.5, 0.6) is 5.75 Å². The molecule has 0 bridgehead atoms. The summed E-state index contributed by atoms with van der Waals surface area (Å²) in [5.41, 5.74) is 2.68. The Balaban J connectivity index is 1.92. The maximum atomic E-state index is 9.74. The zero-order valence-corrected chi connectivity index (χ0v) is 12.1. The van der Waals surface area contributed by atoms with Crippen LogP contribution in [0.2, 0.25) is 0 Å². The summed E-state index contributed by atoms with van der Waals surface area (Å²) < 4.78 is 6.91. The van der Waals surface area contributed by atoms with Gasteiger partial charge in [0.15, 0.2) is 0 Å². The first-order valence-corrected chi connectivity index (χ1v) is 7.57. The molecule has 1 N–H and O–H groups in total. The van der Waals surface area contributed by atoms with Crippen molar-refractivity contribution in [1.29, 1.82) is 0 Å². The van der Waals surface area contributed by atoms with Crippen molar-refractivity contribution < 1.29 is 9.84 Å². The van der Waals surface area contributed by atoms with E-state index in [0.29, 0.717) is 6.61 Å². The Morgan fingerprint density at radius 1 is 1.28 bits per heavy atom. The van der Waals surface area contributed by atoms with Crippen LogP contribution in [0.1, 0.15) is 36.8 Å². The third-order valence-electron chi connectivity index (χ3n) is 4.39. The number of hydrogen-bond donors (Lipinski definition) is 1. The SMILES string of the molecule is OCC1(Cc2cc(Br)cc3c2OCC3)CCCC1. The average Bonchev–Trinajstić information content (AvgIpc) is 2.98. The van der Waals surface area contributed by atoms with Crippen LogP contribution < -0.4 is 4.74 Å². The standard InChI is InChI=1S/C15H19BrO2/c16-13-7-11-3-6-18-14(11)12(8-13)9-15(10-17)4-1-2-5-15/h7-8,17H,1-6,9-10H2. The van der Waals surface area contributed by atoms with Crippen LogP contribution in [0.15, 0.2) is 16.6 Å². The van der Waals surface area contributed by atoms with Crippen molar-refractivity contribution in [3.05, 3.63) is 27.7 Å². The smallest absolute Gasteiger partial charge is 0.125 e. The highest BCUT2D eigenvalue weighted by molar-refractivity contribution is 9.10. The van der Waals surface area contributed by atoms with Gasteiger partial charge in [-0.25, -0.2) is 0 Å². The van der Waals surface area contributed by atoms with Crippen molar-refractivity contribution in [2.24, 2.45) is 5.41 Å². The molecule has 0 aromatic heterocycles. The van der Waals surface area contributed by atoms with E-state index in [1.807, 2.05) is 0 Å². The molecule has 1 aromatic rings. The highest BCUT2D eigenvalue weighted by atomic mass is 79.9. The second kappa shape index (κ2) is 4.86. The lowest BCUT2D eigenvalue weighted by Gasteiger charge is -2.27. The quantitative estimate of drug-likeness (QED) is 0.926. The summed E-state index contributed by atoms with van der Waals surface area (Å²) in [6, 6.07) is 4.33. The van der Waals surface area contributed by atoms with Crippen LogP contribution in [-0.4, -0.2) is 18.3 Å². The molecule has 1 saturated carbocycles. The minimum atomic E-state index is 0.0977. The van der Waals surface area contributed by atoms with E-state index in [0.717, 1.165) is 42.5 Å². The van der Waals surface area contributed by atoms with Gasteiger partial charge in [-0.15, -0.1) is 0 Å². The minimum Gasteiger partial charge on any atom is -0.493 e. The minimum absolute atomic E-state index is 0.0977. The second-order valence-corrected chi connectivity index (χ2v) is 6.61. The summed E-state index contributed by atoms with van der Waals surface area (Å²) in [6.45, 7) is 1.10. The molecule has 0 radical (unpaired) electrons. The molecule has 1 aliphatic heterocycles. The van der Waals surface area contributed by atoms with Crippen LogP contribution >= 0.6 is 15.9 Å². The van der Waals surface area contributed by atoms with Crippen LogP contribution in [-0.2, 0) is 12.8 Å². The second-order valence-electron chi connectivity index (χ2n) is 5.69. The molecule has 1 aromatic carbocycles. The predicted octanol–water partition coefficient (Wildman–Crippen LogP) is 3.48. The van der Waals surface area contributed by atoms with E-state index in [2.05, 4.69) is 28.1 Å². The Labute approximate surface area is 116 Å². The van der Waals surface area contributed by atoms with Gasteiger partial charge in [0.2, 0.25) is 0 Å². The summed E-state index contributed by atoms with van der Waals surface area (Å²) in [5.74, 6) is 1.08. The molecule has 0 atom stereocenters. The Kier molecular flexibility index (Phi) is 3.37. The third kappa shape index (κ3) is 2.19. The van der Waals surface area contributed by atoms with E-state index in [9.17, 15) is 5.11 Å². The first kappa shape index (κ1) is 12.5. The number of halogens is 1. The number of fused-ring (bicyclic) bond motifs is 1. The summed E-state index contributed by atoms with van der Waals surface area (Å²) >= 11 is 3.59. The number of aliphatic hydroxyl groups is 1. The molecule has 1 fully saturated rings. The van der Waals surface area contributed by atoms with Gasteiger partial charge in [-0.3, -0.25) is 0 Å². The van der Waals surface area contributed by atoms with Gasteiger partial charge in [0, 0.05) is 17.5 Å². The molecule has 0 spiro atoms. The van der Waals surface area contributed by atoms with Gasteiger partial charge in [0.25, 0.3) is 0 Å². The molecule has 18 heavy (non-hydrogen) atoms. The van der Waals surface area contributed by atoms with Gasteiger partial charge in [0.1, 0.15) is 5.75 Å². The first-order valence-electron chi connectivity index (χ1n) is 6.77. The highest BCUT2D eigenvalue weighted by Gasteiger charge is 2.35. The number of aliphatic hydroxyl groups excluding tert-OH is 1. The monoisotopic (exact) mass is 310 g/mol. The fraction of sp³-hybridized carbons (Fsp3) is 0.600. The molecular weight excluding hydrogens is 292 g/mol. The van der Waals surface area contributed by atoms with Gasteiger partial charge in [-0.2, -0.15) is 0 Å². The maximum Gasteiger partial charge on any atom is 0.125 e. The summed E-state index contributed by atoms with van der Waals surface area (Å²) in [5, 5.41) is 9.74. The summed E-state index contributed by atoms with van der Waals surface area (Å²) in [7, 11) is 0. The first-order chi connectivity index (χ1) is 8.72. The Morgan fingerprint density at radius 2 is 2.06 bits per heavy atom.